The van der Waals surface area contributed by atoms with Crippen LogP contribution < -0.4 is 10.9 Å². The van der Waals surface area contributed by atoms with Crippen LogP contribution in [0.25, 0.3) is 16.6 Å². The van der Waals surface area contributed by atoms with E-state index in [1.807, 2.05) is 18.2 Å². The van der Waals surface area contributed by atoms with Crippen molar-refractivity contribution in [1.29, 1.82) is 0 Å². The Morgan fingerprint density at radius 2 is 2.03 bits per heavy atom. The second-order valence-electron chi connectivity index (χ2n) is 7.21. The number of aryl methyl sites for hydroxylation is 2. The molecule has 2 aromatic heterocycles. The molecule has 1 unspecified atom stereocenters. The van der Waals surface area contributed by atoms with E-state index >= 15 is 0 Å². The molecule has 0 aliphatic carbocycles. The minimum atomic E-state index is -1.01. The Bertz CT molecular complexity index is 1360. The fourth-order valence-electron chi connectivity index (χ4n) is 3.91. The van der Waals surface area contributed by atoms with Crippen LogP contribution in [0.4, 0.5) is 5.69 Å². The largest absolute Gasteiger partial charge is 0.478 e. The quantitative estimate of drug-likeness (QED) is 0.499. The number of benzene rings is 2. The average Bonchev–Trinajstić information content (AvgIpc) is 3.15. The van der Waals surface area contributed by atoms with E-state index in [9.17, 15) is 14.7 Å². The van der Waals surface area contributed by atoms with Crippen LogP contribution >= 0.6 is 11.6 Å². The van der Waals surface area contributed by atoms with E-state index in [0.29, 0.717) is 28.0 Å². The molecule has 0 aliphatic rings. The van der Waals surface area contributed by atoms with Gasteiger partial charge in [-0.1, -0.05) is 30.7 Å². The zero-order chi connectivity index (χ0) is 21.6. The Morgan fingerprint density at radius 3 is 2.73 bits per heavy atom. The van der Waals surface area contributed by atoms with Gasteiger partial charge in [-0.2, -0.15) is 0 Å². The maximum atomic E-state index is 13.1. The minimum absolute atomic E-state index is 0.158. The molecule has 2 N–H and O–H groups in total. The number of rotatable bonds is 5. The van der Waals surface area contributed by atoms with Crippen molar-refractivity contribution in [3.05, 3.63) is 74.9 Å². The highest BCUT2D eigenvalue weighted by Crippen LogP contribution is 2.31. The van der Waals surface area contributed by atoms with Gasteiger partial charge in [0.1, 0.15) is 12.0 Å². The molecule has 2 heterocycles. The smallest absolute Gasteiger partial charge is 0.337 e. The lowest BCUT2D eigenvalue weighted by Gasteiger charge is -2.20. The summed E-state index contributed by atoms with van der Waals surface area (Å²) in [7, 11) is 1.73. The van der Waals surface area contributed by atoms with Gasteiger partial charge in [0.2, 0.25) is 0 Å². The van der Waals surface area contributed by atoms with Crippen molar-refractivity contribution >= 4 is 39.8 Å². The number of anilines is 1. The van der Waals surface area contributed by atoms with Crippen LogP contribution in [0.15, 0.2) is 47.5 Å². The number of aromatic nitrogens is 3. The molecule has 4 rings (SSSR count). The Hall–Kier alpha value is -3.32. The third-order valence-electron chi connectivity index (χ3n) is 5.34. The molecule has 4 aromatic rings. The number of halogens is 1. The van der Waals surface area contributed by atoms with Crippen LogP contribution in [0.2, 0.25) is 5.02 Å². The van der Waals surface area contributed by atoms with Gasteiger partial charge in [-0.15, -0.1) is 0 Å². The Morgan fingerprint density at radius 1 is 1.30 bits per heavy atom. The van der Waals surface area contributed by atoms with Gasteiger partial charge in [0, 0.05) is 23.3 Å². The normalized spacial score (nSPS) is 12.4. The summed E-state index contributed by atoms with van der Waals surface area (Å²) in [5.41, 5.74) is 3.55. The third kappa shape index (κ3) is 3.11. The van der Waals surface area contributed by atoms with E-state index < -0.39 is 5.97 Å². The highest BCUT2D eigenvalue weighted by molar-refractivity contribution is 6.31. The SMILES string of the molecule is CCc1ncn2c3c(C(C)Nc4ccccc4C(=O)O)cc(Cl)cc3c(=O)n(C)c12. The second kappa shape index (κ2) is 7.50. The number of hydrogen-bond acceptors (Lipinski definition) is 4. The standard InChI is InChI=1S/C22H21ClN4O3/c1-4-17-20-26(3)21(28)16-10-13(23)9-15(19(16)27(20)11-24-17)12(2)25-18-8-6-5-7-14(18)22(29)30/h5-12,25H,4H2,1-3H3,(H,29,30). The molecule has 0 spiro atoms. The van der Waals surface area contributed by atoms with Gasteiger partial charge in [0.15, 0.2) is 0 Å². The van der Waals surface area contributed by atoms with E-state index in [2.05, 4.69) is 10.3 Å². The monoisotopic (exact) mass is 424 g/mol. The number of carbonyl (C=O) groups is 1. The van der Waals surface area contributed by atoms with E-state index in [1.54, 1.807) is 54.3 Å². The highest BCUT2D eigenvalue weighted by Gasteiger charge is 2.20. The van der Waals surface area contributed by atoms with Crippen LogP contribution in [0.1, 0.15) is 41.5 Å². The van der Waals surface area contributed by atoms with Crippen molar-refractivity contribution < 1.29 is 9.90 Å². The summed E-state index contributed by atoms with van der Waals surface area (Å²) in [6.07, 6.45) is 2.41. The summed E-state index contributed by atoms with van der Waals surface area (Å²) in [6, 6.07) is 9.85. The van der Waals surface area contributed by atoms with Crippen LogP contribution in [0.5, 0.6) is 0 Å². The second-order valence-corrected chi connectivity index (χ2v) is 7.65. The van der Waals surface area contributed by atoms with Crippen molar-refractivity contribution in [3.63, 3.8) is 0 Å². The summed E-state index contributed by atoms with van der Waals surface area (Å²) in [5.74, 6) is -1.01. The van der Waals surface area contributed by atoms with Crippen molar-refractivity contribution in [2.45, 2.75) is 26.3 Å². The van der Waals surface area contributed by atoms with Crippen molar-refractivity contribution in [2.24, 2.45) is 7.05 Å². The first-order valence-corrected chi connectivity index (χ1v) is 9.98. The van der Waals surface area contributed by atoms with Crippen LogP contribution in [0, 0.1) is 0 Å². The minimum Gasteiger partial charge on any atom is -0.478 e. The van der Waals surface area contributed by atoms with Gasteiger partial charge in [-0.25, -0.2) is 9.78 Å². The van der Waals surface area contributed by atoms with Crippen LogP contribution in [-0.4, -0.2) is 25.0 Å². The molecule has 154 valence electrons. The van der Waals surface area contributed by atoms with E-state index in [4.69, 9.17) is 11.6 Å². The van der Waals surface area contributed by atoms with Crippen LogP contribution in [0.3, 0.4) is 0 Å². The highest BCUT2D eigenvalue weighted by atomic mass is 35.5. The predicted octanol–water partition coefficient (Wildman–Crippen LogP) is 4.27. The third-order valence-corrected chi connectivity index (χ3v) is 5.56. The predicted molar refractivity (Wildman–Crippen MR) is 118 cm³/mol. The Kier molecular flexibility index (Phi) is 4.99. The number of fused-ring (bicyclic) bond motifs is 3. The molecule has 1 atom stereocenters. The lowest BCUT2D eigenvalue weighted by molar-refractivity contribution is 0.0698. The number of imidazole rings is 1. The Labute approximate surface area is 177 Å². The molecule has 0 amide bonds. The van der Waals surface area contributed by atoms with E-state index in [0.717, 1.165) is 16.9 Å². The number of aromatic carboxylic acids is 1. The molecule has 0 aliphatic heterocycles. The first kappa shape index (κ1) is 20.0. The molecule has 30 heavy (non-hydrogen) atoms. The summed E-state index contributed by atoms with van der Waals surface area (Å²) in [4.78, 5) is 29.2. The molecule has 2 aromatic carbocycles. The van der Waals surface area contributed by atoms with E-state index in [-0.39, 0.29) is 17.2 Å². The maximum absolute atomic E-state index is 13.1. The molecule has 0 bridgehead atoms. The van der Waals surface area contributed by atoms with Gasteiger partial charge < -0.3 is 10.4 Å². The fourth-order valence-corrected chi connectivity index (χ4v) is 4.14. The zero-order valence-electron chi connectivity index (χ0n) is 16.8. The molecule has 0 saturated heterocycles. The lowest BCUT2D eigenvalue weighted by atomic mass is 10.0. The molecule has 8 heteroatoms. The molecular formula is C22H21ClN4O3. The van der Waals surface area contributed by atoms with Crippen molar-refractivity contribution in [2.75, 3.05) is 5.32 Å². The van der Waals surface area contributed by atoms with Gasteiger partial charge in [0.05, 0.1) is 28.2 Å². The summed E-state index contributed by atoms with van der Waals surface area (Å²) < 4.78 is 3.49. The lowest BCUT2D eigenvalue weighted by Crippen LogP contribution is -2.22. The summed E-state index contributed by atoms with van der Waals surface area (Å²) in [5, 5.41) is 13.7. The van der Waals surface area contributed by atoms with Crippen LogP contribution in [-0.2, 0) is 13.5 Å². The van der Waals surface area contributed by atoms with Gasteiger partial charge in [0.25, 0.3) is 5.56 Å². The Balaban J connectivity index is 1.97. The fraction of sp³-hybridized carbons (Fsp3) is 0.227. The van der Waals surface area contributed by atoms with Crippen molar-refractivity contribution in [3.8, 4) is 0 Å². The van der Waals surface area contributed by atoms with Crippen molar-refractivity contribution in [1.82, 2.24) is 14.0 Å². The molecule has 0 radical (unpaired) electrons. The number of para-hydroxylation sites is 1. The summed E-state index contributed by atoms with van der Waals surface area (Å²) >= 11 is 6.37. The molecular weight excluding hydrogens is 404 g/mol. The summed E-state index contributed by atoms with van der Waals surface area (Å²) in [6.45, 7) is 3.90. The molecule has 0 fully saturated rings. The first-order valence-electron chi connectivity index (χ1n) is 9.60. The maximum Gasteiger partial charge on any atom is 0.337 e. The number of nitrogens with one attached hydrogen (secondary N) is 1. The topological polar surface area (TPSA) is 88.6 Å². The van der Waals surface area contributed by atoms with Gasteiger partial charge in [-0.05, 0) is 37.6 Å². The molecule has 0 saturated carbocycles. The number of nitrogens with zero attached hydrogens (tertiary/aromatic N) is 3. The van der Waals surface area contributed by atoms with Gasteiger partial charge >= 0.3 is 5.97 Å². The average molecular weight is 425 g/mol. The number of carboxylic acid groups (broad SMARTS) is 1. The van der Waals surface area contributed by atoms with E-state index in [1.165, 1.54) is 0 Å². The zero-order valence-corrected chi connectivity index (χ0v) is 17.6. The molecule has 7 nitrogen and oxygen atoms in total. The number of carboxylic acids is 1. The van der Waals surface area contributed by atoms with Gasteiger partial charge in [-0.3, -0.25) is 13.8 Å². The number of hydrogen-bond donors (Lipinski definition) is 2. The first-order chi connectivity index (χ1) is 14.3.